The molecule has 0 saturated heterocycles. The van der Waals surface area contributed by atoms with Gasteiger partial charge in [0.2, 0.25) is 10.0 Å². The highest BCUT2D eigenvalue weighted by molar-refractivity contribution is 7.99. The van der Waals surface area contributed by atoms with Crippen molar-refractivity contribution in [3.8, 4) is 0 Å². The molecule has 0 fully saturated rings. The van der Waals surface area contributed by atoms with Crippen molar-refractivity contribution in [2.45, 2.75) is 23.9 Å². The summed E-state index contributed by atoms with van der Waals surface area (Å²) in [7, 11) is -3.52. The van der Waals surface area contributed by atoms with E-state index in [0.717, 1.165) is 11.1 Å². The van der Waals surface area contributed by atoms with Crippen molar-refractivity contribution >= 4 is 27.6 Å². The number of aromatic nitrogens is 2. The minimum atomic E-state index is -3.52. The van der Waals surface area contributed by atoms with Gasteiger partial charge in [0.15, 0.2) is 16.6 Å². The van der Waals surface area contributed by atoms with Crippen LogP contribution in [0.3, 0.4) is 0 Å². The summed E-state index contributed by atoms with van der Waals surface area (Å²) in [5.74, 6) is -0.0469. The quantitative estimate of drug-likeness (QED) is 0.205. The Morgan fingerprint density at radius 3 is 3.04 bits per heavy atom. The molecule has 1 aromatic carbocycles. The molecule has 1 aromatic heterocycles. The van der Waals surface area contributed by atoms with Crippen molar-refractivity contribution in [1.29, 1.82) is 0 Å². The van der Waals surface area contributed by atoms with Crippen molar-refractivity contribution in [2.75, 3.05) is 11.5 Å². The molecule has 0 aliphatic heterocycles. The van der Waals surface area contributed by atoms with E-state index in [9.17, 15) is 18.0 Å². The van der Waals surface area contributed by atoms with E-state index in [-0.39, 0.29) is 29.1 Å². The fraction of sp³-hybridized carbons (Fsp3) is 0.357. The zero-order chi connectivity index (χ0) is 18.7. The van der Waals surface area contributed by atoms with Gasteiger partial charge >= 0.3 is 0 Å². The van der Waals surface area contributed by atoms with E-state index in [2.05, 4.69) is 15.3 Å². The Kier molecular flexibility index (Phi) is 5.55. The number of nitrogens with two attached hydrogens (primary N) is 1. The zero-order valence-electron chi connectivity index (χ0n) is 13.4. The highest BCUT2D eigenvalue weighted by atomic mass is 32.2. The molecule has 9 nitrogen and oxygen atoms in total. The van der Waals surface area contributed by atoms with Crippen LogP contribution in [0.15, 0.2) is 32.8 Å². The summed E-state index contributed by atoms with van der Waals surface area (Å²) in [6.07, 6.45) is 0.938. The molecule has 1 aliphatic carbocycles. The predicted octanol–water partition coefficient (Wildman–Crippen LogP) is 1.00. The summed E-state index contributed by atoms with van der Waals surface area (Å²) in [4.78, 5) is 4.35. The summed E-state index contributed by atoms with van der Waals surface area (Å²) in [6.45, 7) is 0. The van der Waals surface area contributed by atoms with Crippen molar-refractivity contribution in [1.82, 2.24) is 15.8 Å². The second kappa shape index (κ2) is 7.70. The second-order valence-corrected chi connectivity index (χ2v) is 8.46. The van der Waals surface area contributed by atoms with E-state index in [1.54, 1.807) is 6.07 Å². The van der Waals surface area contributed by atoms with E-state index in [1.165, 1.54) is 23.9 Å². The Balaban J connectivity index is 1.71. The zero-order valence-corrected chi connectivity index (χ0v) is 15.1. The van der Waals surface area contributed by atoms with Crippen LogP contribution in [0.1, 0.15) is 29.3 Å². The minimum absolute atomic E-state index is 0.0418. The number of thioether (sulfide) groups is 1. The summed E-state index contributed by atoms with van der Waals surface area (Å²) >= 11 is 1.20. The second-order valence-electron chi connectivity index (χ2n) is 5.64. The summed E-state index contributed by atoms with van der Waals surface area (Å²) in [5, 5.41) is 22.2. The van der Waals surface area contributed by atoms with Gasteiger partial charge in [0.1, 0.15) is 5.82 Å². The number of nitrogens with zero attached hydrogens (tertiary/aromatic N) is 3. The van der Waals surface area contributed by atoms with Crippen LogP contribution in [0, 0.1) is 5.82 Å². The van der Waals surface area contributed by atoms with Crippen molar-refractivity contribution in [2.24, 2.45) is 10.1 Å². The third-order valence-corrected chi connectivity index (χ3v) is 5.66. The lowest BCUT2D eigenvalue weighted by molar-refractivity contribution is 0.232. The van der Waals surface area contributed by atoms with Gasteiger partial charge in [0.05, 0.1) is 11.8 Å². The Labute approximate surface area is 152 Å². The number of hydrogen-bond donors (Lipinski definition) is 3. The molecule has 1 unspecified atom stereocenters. The molecular formula is C14H16FN5O4S2. The number of sulfonamides is 1. The van der Waals surface area contributed by atoms with Crippen molar-refractivity contribution in [3.63, 3.8) is 0 Å². The van der Waals surface area contributed by atoms with Gasteiger partial charge in [-0.2, -0.15) is 0 Å². The van der Waals surface area contributed by atoms with Crippen LogP contribution >= 0.6 is 11.8 Å². The van der Waals surface area contributed by atoms with E-state index in [0.29, 0.717) is 23.6 Å². The van der Waals surface area contributed by atoms with Gasteiger partial charge in [-0.15, -0.1) is 11.8 Å². The first-order chi connectivity index (χ1) is 12.4. The van der Waals surface area contributed by atoms with Crippen LogP contribution in [0.25, 0.3) is 0 Å². The minimum Gasteiger partial charge on any atom is -0.290 e. The molecule has 26 heavy (non-hydrogen) atoms. The molecule has 12 heteroatoms. The Bertz CT molecular complexity index is 931. The van der Waals surface area contributed by atoms with Crippen LogP contribution in [-0.2, 0) is 16.4 Å². The molecule has 2 aromatic rings. The van der Waals surface area contributed by atoms with Crippen LogP contribution in [0.2, 0.25) is 0 Å². The number of fused-ring (bicyclic) bond motifs is 1. The van der Waals surface area contributed by atoms with Gasteiger partial charge < -0.3 is 0 Å². The average Bonchev–Trinajstić information content (AvgIpc) is 3.02. The number of amidine groups is 1. The maximum absolute atomic E-state index is 13.4. The molecule has 0 bridgehead atoms. The third-order valence-electron chi connectivity index (χ3n) is 3.77. The first-order valence-electron chi connectivity index (χ1n) is 7.60. The molecule has 3 rings (SSSR count). The van der Waals surface area contributed by atoms with Crippen LogP contribution in [0.5, 0.6) is 0 Å². The number of rotatable bonds is 7. The molecule has 1 aliphatic rings. The van der Waals surface area contributed by atoms with E-state index >= 15 is 0 Å². The Morgan fingerprint density at radius 2 is 2.31 bits per heavy atom. The van der Waals surface area contributed by atoms with Gasteiger partial charge in [-0.3, -0.25) is 15.7 Å². The fourth-order valence-corrected chi connectivity index (χ4v) is 4.08. The number of nitrogens with one attached hydrogen (secondary N) is 1. The molecule has 1 atom stereocenters. The van der Waals surface area contributed by atoms with Crippen LogP contribution in [0.4, 0.5) is 4.39 Å². The summed E-state index contributed by atoms with van der Waals surface area (Å²) < 4.78 is 39.9. The van der Waals surface area contributed by atoms with Crippen LogP contribution in [-0.4, -0.2) is 41.3 Å². The molecular weight excluding hydrogens is 385 g/mol. The Morgan fingerprint density at radius 1 is 1.50 bits per heavy atom. The summed E-state index contributed by atoms with van der Waals surface area (Å²) in [6, 6.07) is 4.19. The third kappa shape index (κ3) is 4.38. The van der Waals surface area contributed by atoms with Crippen LogP contribution < -0.4 is 10.6 Å². The highest BCUT2D eigenvalue weighted by Gasteiger charge is 2.28. The van der Waals surface area contributed by atoms with Gasteiger partial charge in [-0.1, -0.05) is 6.07 Å². The van der Waals surface area contributed by atoms with E-state index in [4.69, 9.17) is 9.77 Å². The topological polar surface area (TPSA) is 144 Å². The lowest BCUT2D eigenvalue weighted by Crippen LogP contribution is -2.25. The smallest absolute Gasteiger partial charge is 0.209 e. The van der Waals surface area contributed by atoms with Gasteiger partial charge in [-0.05, 0) is 46.4 Å². The predicted molar refractivity (Wildman–Crippen MR) is 91.9 cm³/mol. The number of aliphatic imine (C=N–C) groups is 1. The normalized spacial score (nSPS) is 16.9. The lowest BCUT2D eigenvalue weighted by Gasteiger charge is -2.27. The number of halogens is 1. The fourth-order valence-electron chi connectivity index (χ4n) is 2.51. The van der Waals surface area contributed by atoms with Crippen molar-refractivity contribution < 1.29 is 22.6 Å². The molecule has 4 N–H and O–H groups in total. The number of hydroxylamine groups is 1. The molecule has 0 radical (unpaired) electrons. The van der Waals surface area contributed by atoms with Crippen molar-refractivity contribution in [3.05, 3.63) is 40.8 Å². The molecule has 1 heterocycles. The standard InChI is InChI=1S/C14H16FN5O4S2/c15-9-3-2-8-6-11(10(8)7-9)17-13(18-21)12-14(20-24-19-12)25-4-1-5-26(16,22)23/h2-3,7,11,21H,1,4-6H2,(H,17,18)(H2,16,22,23). The number of benzene rings is 1. The highest BCUT2D eigenvalue weighted by Crippen LogP contribution is 2.37. The van der Waals surface area contributed by atoms with Gasteiger partial charge in [0.25, 0.3) is 0 Å². The van der Waals surface area contributed by atoms with E-state index < -0.39 is 10.0 Å². The first kappa shape index (κ1) is 18.8. The van der Waals surface area contributed by atoms with Gasteiger partial charge in [-0.25, -0.2) is 22.6 Å². The molecule has 0 spiro atoms. The van der Waals surface area contributed by atoms with E-state index in [1.807, 2.05) is 5.48 Å². The maximum atomic E-state index is 13.4. The Hall–Kier alpha value is -2.02. The monoisotopic (exact) mass is 401 g/mol. The SMILES string of the molecule is NS(=O)(=O)CCCSc1nonc1C(=NC1Cc2ccc(F)cc21)NO. The first-order valence-corrected chi connectivity index (χ1v) is 10.3. The number of hydrogen-bond acceptors (Lipinski definition) is 8. The molecule has 0 saturated carbocycles. The van der Waals surface area contributed by atoms with Gasteiger partial charge in [0, 0.05) is 5.75 Å². The maximum Gasteiger partial charge on any atom is 0.209 e. The lowest BCUT2D eigenvalue weighted by atomic mass is 9.83. The molecule has 0 amide bonds. The largest absolute Gasteiger partial charge is 0.290 e. The summed E-state index contributed by atoms with van der Waals surface area (Å²) in [5.41, 5.74) is 3.90. The number of primary sulfonamides is 1. The molecule has 140 valence electrons. The average molecular weight is 401 g/mol.